The number of rotatable bonds is 5. The maximum Gasteiger partial charge on any atom is 0.222 e. The first kappa shape index (κ1) is 15.2. The number of hydrogen-bond donors (Lipinski definition) is 0. The van der Waals surface area contributed by atoms with Crippen LogP contribution in [0, 0.1) is 11.8 Å². The molecule has 4 nitrogen and oxygen atoms in total. The van der Waals surface area contributed by atoms with Crippen LogP contribution < -0.4 is 9.64 Å². The number of hydrogen-bond acceptors (Lipinski definition) is 3. The van der Waals surface area contributed by atoms with E-state index in [1.165, 1.54) is 12.8 Å². The van der Waals surface area contributed by atoms with Crippen LogP contribution in [0.5, 0.6) is 5.75 Å². The van der Waals surface area contributed by atoms with E-state index in [4.69, 9.17) is 4.74 Å². The molecule has 0 spiro atoms. The number of anilines is 1. The fraction of sp³-hybridized carbons (Fsp3) is 0.611. The summed E-state index contributed by atoms with van der Waals surface area (Å²) in [5, 5.41) is 0. The highest BCUT2D eigenvalue weighted by atomic mass is 16.5. The molecule has 0 bridgehead atoms. The number of amides is 1. The minimum absolute atomic E-state index is 0.332. The van der Waals surface area contributed by atoms with Crippen LogP contribution in [0.15, 0.2) is 24.3 Å². The first-order chi connectivity index (χ1) is 10.7. The summed E-state index contributed by atoms with van der Waals surface area (Å²) in [5.74, 6) is 2.60. The Morgan fingerprint density at radius 1 is 1.23 bits per heavy atom. The van der Waals surface area contributed by atoms with E-state index >= 15 is 0 Å². The van der Waals surface area contributed by atoms with Gasteiger partial charge in [-0.05, 0) is 36.8 Å². The van der Waals surface area contributed by atoms with Gasteiger partial charge in [-0.25, -0.2) is 0 Å². The third-order valence-electron chi connectivity index (χ3n) is 4.98. The number of nitrogens with zero attached hydrogens (tertiary/aromatic N) is 2. The molecule has 120 valence electrons. The van der Waals surface area contributed by atoms with Crippen LogP contribution in [-0.4, -0.2) is 44.1 Å². The van der Waals surface area contributed by atoms with Gasteiger partial charge in [-0.3, -0.25) is 4.79 Å². The van der Waals surface area contributed by atoms with E-state index in [0.29, 0.717) is 11.8 Å². The second-order valence-corrected chi connectivity index (χ2v) is 6.56. The largest absolute Gasteiger partial charge is 0.495 e. The lowest BCUT2D eigenvalue weighted by molar-refractivity contribution is -0.132. The zero-order chi connectivity index (χ0) is 15.5. The Kier molecular flexibility index (Phi) is 4.55. The average molecular weight is 302 g/mol. The van der Waals surface area contributed by atoms with Crippen molar-refractivity contribution in [2.24, 2.45) is 11.8 Å². The molecule has 1 atom stereocenters. The van der Waals surface area contributed by atoms with Gasteiger partial charge >= 0.3 is 0 Å². The summed E-state index contributed by atoms with van der Waals surface area (Å²) in [5.41, 5.74) is 1.13. The minimum Gasteiger partial charge on any atom is -0.495 e. The third-order valence-corrected chi connectivity index (χ3v) is 4.98. The predicted octanol–water partition coefficient (Wildman–Crippen LogP) is 2.78. The van der Waals surface area contributed by atoms with Crippen molar-refractivity contribution in [3.05, 3.63) is 24.3 Å². The van der Waals surface area contributed by atoms with E-state index < -0.39 is 0 Å². The molecule has 1 saturated heterocycles. The second kappa shape index (κ2) is 6.59. The summed E-state index contributed by atoms with van der Waals surface area (Å²) in [6, 6.07) is 8.10. The number of carbonyl (C=O) groups excluding carboxylic acids is 1. The Labute approximate surface area is 133 Å². The van der Waals surface area contributed by atoms with E-state index in [1.807, 2.05) is 23.1 Å². The maximum atomic E-state index is 12.4. The molecule has 4 heteroatoms. The molecule has 1 aromatic carbocycles. The van der Waals surface area contributed by atoms with E-state index in [-0.39, 0.29) is 0 Å². The van der Waals surface area contributed by atoms with Crippen LogP contribution in [0.25, 0.3) is 0 Å². The average Bonchev–Trinajstić information content (AvgIpc) is 3.40. The molecule has 1 saturated carbocycles. The first-order valence-electron chi connectivity index (χ1n) is 8.34. The van der Waals surface area contributed by atoms with E-state index in [0.717, 1.165) is 50.0 Å². The van der Waals surface area contributed by atoms with Crippen LogP contribution in [0.3, 0.4) is 0 Å². The topological polar surface area (TPSA) is 32.8 Å². The fourth-order valence-corrected chi connectivity index (χ4v) is 3.32. The van der Waals surface area contributed by atoms with Crippen LogP contribution in [0.4, 0.5) is 5.69 Å². The zero-order valence-corrected chi connectivity index (χ0v) is 13.6. The van der Waals surface area contributed by atoms with Gasteiger partial charge in [0.1, 0.15) is 5.75 Å². The minimum atomic E-state index is 0.332. The lowest BCUT2D eigenvalue weighted by atomic mass is 10.0. The summed E-state index contributed by atoms with van der Waals surface area (Å²) in [4.78, 5) is 16.7. The first-order valence-corrected chi connectivity index (χ1v) is 8.34. The normalized spacial score (nSPS) is 19.9. The molecule has 1 amide bonds. The Hall–Kier alpha value is -1.71. The van der Waals surface area contributed by atoms with Crippen molar-refractivity contribution in [2.75, 3.05) is 38.2 Å². The molecule has 1 aliphatic heterocycles. The highest BCUT2D eigenvalue weighted by molar-refractivity contribution is 5.77. The highest BCUT2D eigenvalue weighted by Crippen LogP contribution is 2.38. The molecule has 2 fully saturated rings. The number of para-hydroxylation sites is 2. The Morgan fingerprint density at radius 2 is 1.91 bits per heavy atom. The molecule has 0 N–H and O–H groups in total. The van der Waals surface area contributed by atoms with Gasteiger partial charge in [0.2, 0.25) is 5.91 Å². The van der Waals surface area contributed by atoms with E-state index in [9.17, 15) is 4.79 Å². The summed E-state index contributed by atoms with van der Waals surface area (Å²) in [6.07, 6.45) is 3.35. The zero-order valence-electron chi connectivity index (χ0n) is 13.6. The molecule has 22 heavy (non-hydrogen) atoms. The van der Waals surface area contributed by atoms with Crippen molar-refractivity contribution >= 4 is 11.6 Å². The third kappa shape index (κ3) is 3.37. The van der Waals surface area contributed by atoms with Crippen LogP contribution in [-0.2, 0) is 4.79 Å². The second-order valence-electron chi connectivity index (χ2n) is 6.56. The van der Waals surface area contributed by atoms with Gasteiger partial charge in [-0.1, -0.05) is 19.1 Å². The molecular weight excluding hydrogens is 276 g/mol. The van der Waals surface area contributed by atoms with Gasteiger partial charge in [-0.2, -0.15) is 0 Å². The molecule has 2 aliphatic rings. The van der Waals surface area contributed by atoms with Crippen molar-refractivity contribution < 1.29 is 9.53 Å². The number of ether oxygens (including phenoxy) is 1. The molecule has 1 aliphatic carbocycles. The van der Waals surface area contributed by atoms with Gasteiger partial charge in [0.05, 0.1) is 12.8 Å². The lowest BCUT2D eigenvalue weighted by Gasteiger charge is -2.37. The molecule has 0 aromatic heterocycles. The Balaban J connectivity index is 1.54. The van der Waals surface area contributed by atoms with E-state index in [1.54, 1.807) is 7.11 Å². The smallest absolute Gasteiger partial charge is 0.222 e. The molecule has 1 heterocycles. The number of carbonyl (C=O) groups is 1. The molecule has 1 aromatic rings. The monoisotopic (exact) mass is 302 g/mol. The Bertz CT molecular complexity index is 520. The van der Waals surface area contributed by atoms with Crippen molar-refractivity contribution in [1.82, 2.24) is 4.90 Å². The van der Waals surface area contributed by atoms with E-state index in [2.05, 4.69) is 17.9 Å². The summed E-state index contributed by atoms with van der Waals surface area (Å²) in [6.45, 7) is 5.61. The predicted molar refractivity (Wildman–Crippen MR) is 88.3 cm³/mol. The maximum absolute atomic E-state index is 12.4. The van der Waals surface area contributed by atoms with Gasteiger partial charge in [0.15, 0.2) is 0 Å². The van der Waals surface area contributed by atoms with Crippen molar-refractivity contribution in [1.29, 1.82) is 0 Å². The number of methoxy groups -OCH3 is 1. The highest BCUT2D eigenvalue weighted by Gasteiger charge is 2.31. The number of piperazine rings is 1. The molecule has 0 radical (unpaired) electrons. The molecule has 0 unspecified atom stereocenters. The fourth-order valence-electron chi connectivity index (χ4n) is 3.32. The van der Waals surface area contributed by atoms with Crippen LogP contribution in [0.1, 0.15) is 26.2 Å². The van der Waals surface area contributed by atoms with Crippen LogP contribution >= 0.6 is 0 Å². The van der Waals surface area contributed by atoms with Crippen molar-refractivity contribution in [3.8, 4) is 5.75 Å². The standard InChI is InChI=1S/C18H26N2O2/c1-14(15-7-8-15)13-18(21)20-11-9-19(10-12-20)16-5-3-4-6-17(16)22-2/h3-6,14-15H,7-13H2,1-2H3/t14-/m0/s1. The summed E-state index contributed by atoms with van der Waals surface area (Å²) in [7, 11) is 1.71. The van der Waals surface area contributed by atoms with Gasteiger partial charge in [0, 0.05) is 32.6 Å². The quantitative estimate of drug-likeness (QED) is 0.838. The lowest BCUT2D eigenvalue weighted by Crippen LogP contribution is -2.49. The SMILES string of the molecule is COc1ccccc1N1CCN(C(=O)C[C@H](C)C2CC2)CC1. The van der Waals surface area contributed by atoms with Crippen LogP contribution in [0.2, 0.25) is 0 Å². The number of benzene rings is 1. The van der Waals surface area contributed by atoms with Gasteiger partial charge < -0.3 is 14.5 Å². The van der Waals surface area contributed by atoms with Crippen molar-refractivity contribution in [3.63, 3.8) is 0 Å². The summed E-state index contributed by atoms with van der Waals surface area (Å²) < 4.78 is 5.44. The Morgan fingerprint density at radius 3 is 2.55 bits per heavy atom. The summed E-state index contributed by atoms with van der Waals surface area (Å²) >= 11 is 0. The van der Waals surface area contributed by atoms with Crippen molar-refractivity contribution in [2.45, 2.75) is 26.2 Å². The molecule has 3 rings (SSSR count). The van der Waals surface area contributed by atoms with Gasteiger partial charge in [0.25, 0.3) is 0 Å². The van der Waals surface area contributed by atoms with Gasteiger partial charge in [-0.15, -0.1) is 0 Å². The molecular formula is C18H26N2O2.